The molecule has 2 rings (SSSR count). The fraction of sp³-hybridized carbons (Fsp3) is 0.462. The fourth-order valence-corrected chi connectivity index (χ4v) is 2.88. The lowest BCUT2D eigenvalue weighted by Crippen LogP contribution is -2.08. The lowest BCUT2D eigenvalue weighted by atomic mass is 10.1. The van der Waals surface area contributed by atoms with Crippen molar-refractivity contribution in [2.75, 3.05) is 6.61 Å². The monoisotopic (exact) mass is 296 g/mol. The first-order chi connectivity index (χ1) is 9.22. The van der Waals surface area contributed by atoms with Gasteiger partial charge in [0.05, 0.1) is 11.5 Å². The van der Waals surface area contributed by atoms with Gasteiger partial charge in [0.2, 0.25) is 0 Å². The number of nitrogens with zero attached hydrogens (tertiary/aromatic N) is 2. The molecule has 1 atom stereocenters. The van der Waals surface area contributed by atoms with Gasteiger partial charge in [-0.05, 0) is 35.3 Å². The molecule has 0 radical (unpaired) electrons. The van der Waals surface area contributed by atoms with E-state index in [0.29, 0.717) is 23.1 Å². The van der Waals surface area contributed by atoms with Gasteiger partial charge in [-0.25, -0.2) is 4.79 Å². The fourth-order valence-electron chi connectivity index (χ4n) is 1.52. The zero-order valence-corrected chi connectivity index (χ0v) is 12.6. The van der Waals surface area contributed by atoms with Crippen LogP contribution in [-0.2, 0) is 4.74 Å². The number of thiophene rings is 1. The van der Waals surface area contributed by atoms with Gasteiger partial charge in [-0.2, -0.15) is 0 Å². The van der Waals surface area contributed by atoms with E-state index in [-0.39, 0.29) is 5.97 Å². The van der Waals surface area contributed by atoms with Gasteiger partial charge in [0.1, 0.15) is 5.69 Å². The molecule has 0 bridgehead atoms. The van der Waals surface area contributed by atoms with Crippen molar-refractivity contribution < 1.29 is 9.53 Å². The van der Waals surface area contributed by atoms with Crippen molar-refractivity contribution >= 4 is 28.8 Å². The van der Waals surface area contributed by atoms with Gasteiger partial charge in [0.15, 0.2) is 4.88 Å². The molecule has 0 aromatic carbocycles. The van der Waals surface area contributed by atoms with E-state index in [9.17, 15) is 4.79 Å². The molecule has 0 aliphatic carbocycles. The van der Waals surface area contributed by atoms with Crippen molar-refractivity contribution in [3.8, 4) is 10.6 Å². The normalized spacial score (nSPS) is 12.3. The number of carbonyl (C=O) groups is 1. The highest BCUT2D eigenvalue weighted by Gasteiger charge is 2.19. The van der Waals surface area contributed by atoms with Crippen molar-refractivity contribution in [2.24, 2.45) is 5.92 Å². The molecule has 4 nitrogen and oxygen atoms in total. The first-order valence-electron chi connectivity index (χ1n) is 6.25. The summed E-state index contributed by atoms with van der Waals surface area (Å²) in [6, 6.07) is 3.86. The first-order valence-corrected chi connectivity index (χ1v) is 7.91. The van der Waals surface area contributed by atoms with Crippen LogP contribution in [0.4, 0.5) is 0 Å². The Bertz CT molecular complexity index is 522. The number of carbonyl (C=O) groups excluding carboxylic acids is 1. The van der Waals surface area contributed by atoms with Gasteiger partial charge < -0.3 is 4.74 Å². The van der Waals surface area contributed by atoms with Crippen LogP contribution >= 0.6 is 22.9 Å². The molecular formula is C13H16N2O2S2. The molecule has 19 heavy (non-hydrogen) atoms. The maximum Gasteiger partial charge on any atom is 0.352 e. The van der Waals surface area contributed by atoms with Crippen molar-refractivity contribution in [3.63, 3.8) is 0 Å². The van der Waals surface area contributed by atoms with Crippen LogP contribution in [0.2, 0.25) is 0 Å². The highest BCUT2D eigenvalue weighted by molar-refractivity contribution is 7.14. The van der Waals surface area contributed by atoms with Crippen LogP contribution < -0.4 is 0 Å². The highest BCUT2D eigenvalue weighted by atomic mass is 32.1. The van der Waals surface area contributed by atoms with Crippen LogP contribution in [0.3, 0.4) is 0 Å². The Morgan fingerprint density at radius 1 is 1.53 bits per heavy atom. The first kappa shape index (κ1) is 14.1. The second-order valence-electron chi connectivity index (χ2n) is 4.37. The molecule has 2 aromatic heterocycles. The molecule has 0 amide bonds. The van der Waals surface area contributed by atoms with E-state index < -0.39 is 0 Å². The number of hydrogen-bond donors (Lipinski definition) is 0. The molecule has 0 aliphatic rings. The Hall–Kier alpha value is -1.27. The Kier molecular flexibility index (Phi) is 5.04. The molecule has 0 N–H and O–H groups in total. The summed E-state index contributed by atoms with van der Waals surface area (Å²) in [5.41, 5.74) is 0.633. The van der Waals surface area contributed by atoms with E-state index in [1.54, 1.807) is 11.3 Å². The lowest BCUT2D eigenvalue weighted by Gasteiger charge is -2.08. The molecule has 1 unspecified atom stereocenters. The second-order valence-corrected chi connectivity index (χ2v) is 6.07. The summed E-state index contributed by atoms with van der Waals surface area (Å²) in [5.74, 6) is 0.255. The van der Waals surface area contributed by atoms with Crippen molar-refractivity contribution in [3.05, 3.63) is 22.4 Å². The summed E-state index contributed by atoms with van der Waals surface area (Å²) in [7, 11) is 0. The summed E-state index contributed by atoms with van der Waals surface area (Å²) in [6.45, 7) is 4.74. The predicted molar refractivity (Wildman–Crippen MR) is 77.6 cm³/mol. The summed E-state index contributed by atoms with van der Waals surface area (Å²) in [4.78, 5) is 13.4. The van der Waals surface area contributed by atoms with Gasteiger partial charge in [-0.3, -0.25) is 0 Å². The van der Waals surface area contributed by atoms with Gasteiger partial charge in [-0.1, -0.05) is 30.8 Å². The zero-order chi connectivity index (χ0) is 13.7. The van der Waals surface area contributed by atoms with E-state index in [2.05, 4.69) is 23.4 Å². The minimum absolute atomic E-state index is 0.318. The zero-order valence-electron chi connectivity index (χ0n) is 11.0. The van der Waals surface area contributed by atoms with Crippen LogP contribution in [0.25, 0.3) is 10.6 Å². The SMILES string of the molecule is CCC(C)CCOC(=O)c1snnc1-c1cccs1. The Balaban J connectivity index is 1.99. The summed E-state index contributed by atoms with van der Waals surface area (Å²) >= 11 is 2.63. The third kappa shape index (κ3) is 3.61. The second kappa shape index (κ2) is 6.77. The molecule has 2 heterocycles. The molecule has 0 saturated heterocycles. The van der Waals surface area contributed by atoms with Crippen molar-refractivity contribution in [1.29, 1.82) is 0 Å². The predicted octanol–water partition coefficient (Wildman–Crippen LogP) is 3.86. The Labute approximate surface area is 120 Å². The van der Waals surface area contributed by atoms with Gasteiger partial charge in [0, 0.05) is 0 Å². The van der Waals surface area contributed by atoms with E-state index >= 15 is 0 Å². The standard InChI is InChI=1S/C13H16N2O2S2/c1-3-9(2)6-7-17-13(16)12-11(14-15-19-12)10-5-4-8-18-10/h4-5,8-9H,3,6-7H2,1-2H3. The van der Waals surface area contributed by atoms with Gasteiger partial charge >= 0.3 is 5.97 Å². The lowest BCUT2D eigenvalue weighted by molar-refractivity contribution is 0.0491. The molecule has 6 heteroatoms. The number of rotatable bonds is 6. The van der Waals surface area contributed by atoms with Crippen LogP contribution in [0.5, 0.6) is 0 Å². The third-order valence-electron chi connectivity index (χ3n) is 2.97. The van der Waals surface area contributed by atoms with Crippen LogP contribution in [-0.4, -0.2) is 22.2 Å². The maximum absolute atomic E-state index is 12.0. The van der Waals surface area contributed by atoms with E-state index in [4.69, 9.17) is 4.74 Å². The van der Waals surface area contributed by atoms with Crippen LogP contribution in [0.15, 0.2) is 17.5 Å². The number of aromatic nitrogens is 2. The molecule has 0 saturated carbocycles. The molecule has 0 fully saturated rings. The van der Waals surface area contributed by atoms with E-state index in [1.165, 1.54) is 0 Å². The highest BCUT2D eigenvalue weighted by Crippen LogP contribution is 2.28. The molecule has 0 aliphatic heterocycles. The van der Waals surface area contributed by atoms with Crippen LogP contribution in [0.1, 0.15) is 36.4 Å². The Morgan fingerprint density at radius 2 is 2.37 bits per heavy atom. The van der Waals surface area contributed by atoms with E-state index in [0.717, 1.165) is 29.3 Å². The van der Waals surface area contributed by atoms with Crippen LogP contribution in [0, 0.1) is 5.92 Å². The largest absolute Gasteiger partial charge is 0.461 e. The molecule has 0 spiro atoms. The topological polar surface area (TPSA) is 52.1 Å². The summed E-state index contributed by atoms with van der Waals surface area (Å²) in [5, 5.41) is 5.97. The summed E-state index contributed by atoms with van der Waals surface area (Å²) < 4.78 is 9.15. The summed E-state index contributed by atoms with van der Waals surface area (Å²) in [6.07, 6.45) is 1.99. The van der Waals surface area contributed by atoms with Crippen molar-refractivity contribution in [2.45, 2.75) is 26.7 Å². The molecular weight excluding hydrogens is 280 g/mol. The number of ether oxygens (including phenoxy) is 1. The maximum atomic E-state index is 12.0. The van der Waals surface area contributed by atoms with E-state index in [1.807, 2.05) is 17.5 Å². The molecule has 102 valence electrons. The smallest absolute Gasteiger partial charge is 0.352 e. The van der Waals surface area contributed by atoms with Gasteiger partial charge in [0.25, 0.3) is 0 Å². The minimum atomic E-state index is -0.318. The van der Waals surface area contributed by atoms with Gasteiger partial charge in [-0.15, -0.1) is 16.4 Å². The average Bonchev–Trinajstić information content (AvgIpc) is 3.08. The number of esters is 1. The van der Waals surface area contributed by atoms with Crippen molar-refractivity contribution in [1.82, 2.24) is 9.59 Å². The minimum Gasteiger partial charge on any atom is -0.461 e. The third-order valence-corrected chi connectivity index (χ3v) is 4.55. The average molecular weight is 296 g/mol. The molecule has 2 aromatic rings. The Morgan fingerprint density at radius 3 is 3.05 bits per heavy atom. The number of hydrogen-bond acceptors (Lipinski definition) is 6. The quantitative estimate of drug-likeness (QED) is 0.760.